The van der Waals surface area contributed by atoms with Crippen molar-refractivity contribution >= 4 is 48.0 Å². The molecule has 208 valence electrons. The third kappa shape index (κ3) is 4.95. The number of nitrogens with zero attached hydrogens (tertiary/aromatic N) is 1. The Labute approximate surface area is 239 Å². The molecule has 0 bridgehead atoms. The van der Waals surface area contributed by atoms with Crippen molar-refractivity contribution in [1.82, 2.24) is 0 Å². The second kappa shape index (κ2) is 10.6. The zero-order valence-electron chi connectivity index (χ0n) is 21.9. The van der Waals surface area contributed by atoms with E-state index in [-0.39, 0.29) is 0 Å². The average molecular weight is 582 g/mol. The summed E-state index contributed by atoms with van der Waals surface area (Å²) in [7, 11) is -6.09. The zero-order valence-corrected chi connectivity index (χ0v) is 22.7. The molecule has 8 heteroatoms. The van der Waals surface area contributed by atoms with Crippen LogP contribution in [0.1, 0.15) is 0 Å². The van der Waals surface area contributed by atoms with Gasteiger partial charge in [-0.3, -0.25) is 0 Å². The van der Waals surface area contributed by atoms with Gasteiger partial charge >= 0.3 is 5.51 Å². The standard InChI is InChI=1S/C33H22N.CHF3O3S/c1-2-11-23(12-3-1)33-22-25-14-5-7-16-27(25)31-19-10-20-32(34(31)33)30-21-24-13-4-6-15-26(24)28-17-8-9-18-29(28)30;2-1(3,4)8(5,6)7/h1-22H;(H,5,6,7)/q+1;/p-1. The Morgan fingerprint density at radius 1 is 0.548 bits per heavy atom. The van der Waals surface area contributed by atoms with Crippen molar-refractivity contribution in [3.63, 3.8) is 0 Å². The van der Waals surface area contributed by atoms with Crippen LogP contribution >= 0.6 is 0 Å². The molecule has 0 radical (unpaired) electrons. The summed E-state index contributed by atoms with van der Waals surface area (Å²) in [4.78, 5) is 0. The second-order valence-electron chi connectivity index (χ2n) is 9.71. The Morgan fingerprint density at radius 2 is 1.07 bits per heavy atom. The maximum absolute atomic E-state index is 10.7. The van der Waals surface area contributed by atoms with Crippen molar-refractivity contribution in [2.75, 3.05) is 0 Å². The number of aromatic nitrogens is 1. The van der Waals surface area contributed by atoms with Crippen LogP contribution in [0.5, 0.6) is 0 Å². The second-order valence-corrected chi connectivity index (χ2v) is 11.1. The lowest BCUT2D eigenvalue weighted by Crippen LogP contribution is -2.28. The van der Waals surface area contributed by atoms with Crippen LogP contribution in [0.15, 0.2) is 133 Å². The number of benzene rings is 5. The van der Waals surface area contributed by atoms with Gasteiger partial charge < -0.3 is 4.55 Å². The number of hydrogen-bond acceptors (Lipinski definition) is 3. The van der Waals surface area contributed by atoms with E-state index in [4.69, 9.17) is 13.0 Å². The molecule has 0 fully saturated rings. The normalized spacial score (nSPS) is 12.0. The Kier molecular flexibility index (Phi) is 6.88. The highest BCUT2D eigenvalue weighted by Gasteiger charge is 2.37. The summed E-state index contributed by atoms with van der Waals surface area (Å²) in [6, 6.07) is 48.2. The lowest BCUT2D eigenvalue weighted by atomic mass is 9.94. The van der Waals surface area contributed by atoms with Crippen LogP contribution < -0.4 is 4.40 Å². The maximum atomic E-state index is 10.7. The van der Waals surface area contributed by atoms with E-state index in [1.54, 1.807) is 0 Å². The summed E-state index contributed by atoms with van der Waals surface area (Å²) >= 11 is 0. The smallest absolute Gasteiger partial charge is 0.485 e. The molecule has 5 aromatic carbocycles. The predicted molar refractivity (Wildman–Crippen MR) is 159 cm³/mol. The van der Waals surface area contributed by atoms with E-state index in [0.29, 0.717) is 0 Å². The molecule has 7 aromatic rings. The van der Waals surface area contributed by atoms with E-state index < -0.39 is 15.6 Å². The van der Waals surface area contributed by atoms with Gasteiger partial charge in [-0.1, -0.05) is 84.9 Å². The van der Waals surface area contributed by atoms with Gasteiger partial charge in [-0.05, 0) is 57.3 Å². The van der Waals surface area contributed by atoms with Crippen molar-refractivity contribution in [3.8, 4) is 22.5 Å². The Morgan fingerprint density at radius 3 is 1.71 bits per heavy atom. The number of pyridine rings is 2. The molecule has 7 rings (SSSR count). The van der Waals surface area contributed by atoms with E-state index in [1.807, 2.05) is 0 Å². The minimum absolute atomic E-state index is 1.20. The number of rotatable bonds is 2. The van der Waals surface area contributed by atoms with Crippen LogP contribution in [0.4, 0.5) is 13.2 Å². The molecule has 0 spiro atoms. The lowest BCUT2D eigenvalue weighted by molar-refractivity contribution is -0.485. The third-order valence-corrected chi connectivity index (χ3v) is 7.72. The third-order valence-electron chi connectivity index (χ3n) is 7.16. The molecule has 0 N–H and O–H groups in total. The van der Waals surface area contributed by atoms with Gasteiger partial charge in [-0.15, -0.1) is 0 Å². The van der Waals surface area contributed by atoms with Gasteiger partial charge in [-0.25, -0.2) is 8.42 Å². The molecule has 2 heterocycles. The highest BCUT2D eigenvalue weighted by molar-refractivity contribution is 7.86. The first-order valence-corrected chi connectivity index (χ1v) is 14.4. The largest absolute Gasteiger partial charge is 0.741 e. The molecule has 0 atom stereocenters. The molecular weight excluding hydrogens is 559 g/mol. The van der Waals surface area contributed by atoms with Crippen LogP contribution in [0.2, 0.25) is 0 Å². The summed E-state index contributed by atoms with van der Waals surface area (Å²) < 4.78 is 61.3. The molecule has 0 amide bonds. The molecule has 4 nitrogen and oxygen atoms in total. The maximum Gasteiger partial charge on any atom is 0.485 e. The van der Waals surface area contributed by atoms with Crippen LogP contribution in [0, 0.1) is 0 Å². The van der Waals surface area contributed by atoms with Crippen molar-refractivity contribution in [1.29, 1.82) is 0 Å². The molecule has 0 aliphatic carbocycles. The van der Waals surface area contributed by atoms with Crippen LogP contribution in [0.25, 0.3) is 60.3 Å². The molecule has 0 aliphatic rings. The number of alkyl halides is 3. The molecule has 0 saturated carbocycles. The minimum Gasteiger partial charge on any atom is -0.741 e. The summed E-state index contributed by atoms with van der Waals surface area (Å²) in [5.74, 6) is 0. The van der Waals surface area contributed by atoms with Crippen LogP contribution in [-0.2, 0) is 10.1 Å². The number of fused-ring (bicyclic) bond motifs is 6. The van der Waals surface area contributed by atoms with E-state index in [1.165, 1.54) is 60.3 Å². The van der Waals surface area contributed by atoms with E-state index >= 15 is 0 Å². The molecule has 0 aliphatic heterocycles. The number of hydrogen-bond donors (Lipinski definition) is 0. The van der Waals surface area contributed by atoms with Gasteiger partial charge in [0, 0.05) is 23.8 Å². The minimum atomic E-state index is -6.09. The Balaban J connectivity index is 0.000000350. The van der Waals surface area contributed by atoms with Gasteiger partial charge in [-0.2, -0.15) is 17.6 Å². The van der Waals surface area contributed by atoms with E-state index in [0.717, 1.165) is 0 Å². The van der Waals surface area contributed by atoms with E-state index in [2.05, 4.69) is 138 Å². The molecule has 2 aromatic heterocycles. The van der Waals surface area contributed by atoms with Crippen molar-refractivity contribution in [2.24, 2.45) is 0 Å². The first-order chi connectivity index (χ1) is 20.1. The van der Waals surface area contributed by atoms with Crippen LogP contribution in [0.3, 0.4) is 0 Å². The highest BCUT2D eigenvalue weighted by Crippen LogP contribution is 2.35. The lowest BCUT2D eigenvalue weighted by Gasteiger charge is -2.12. The summed E-state index contributed by atoms with van der Waals surface area (Å²) in [5, 5.41) is 7.62. The predicted octanol–water partition coefficient (Wildman–Crippen LogP) is 8.27. The summed E-state index contributed by atoms with van der Waals surface area (Å²) in [5.41, 5.74) is 0.420. The molecule has 42 heavy (non-hydrogen) atoms. The first-order valence-electron chi connectivity index (χ1n) is 13.0. The van der Waals surface area contributed by atoms with E-state index in [9.17, 15) is 13.2 Å². The summed E-state index contributed by atoms with van der Waals surface area (Å²) in [6.45, 7) is 0. The van der Waals surface area contributed by atoms with Crippen LogP contribution in [-0.4, -0.2) is 18.5 Å². The van der Waals surface area contributed by atoms with Gasteiger partial charge in [0.25, 0.3) is 0 Å². The van der Waals surface area contributed by atoms with Gasteiger partial charge in [0.05, 0.1) is 10.9 Å². The molecular formula is C34H22F3NO3S. The molecule has 0 unspecified atom stereocenters. The van der Waals surface area contributed by atoms with Gasteiger partial charge in [0.15, 0.2) is 10.1 Å². The molecule has 0 saturated heterocycles. The average Bonchev–Trinajstić information content (AvgIpc) is 3.00. The van der Waals surface area contributed by atoms with Crippen molar-refractivity contribution in [2.45, 2.75) is 5.51 Å². The fourth-order valence-corrected chi connectivity index (χ4v) is 5.34. The number of halogens is 3. The van der Waals surface area contributed by atoms with Crippen molar-refractivity contribution in [3.05, 3.63) is 133 Å². The quantitative estimate of drug-likeness (QED) is 0.0894. The fraction of sp³-hybridized carbons (Fsp3) is 0.0294. The zero-order chi connectivity index (χ0) is 29.5. The highest BCUT2D eigenvalue weighted by atomic mass is 32.2. The van der Waals surface area contributed by atoms with Crippen molar-refractivity contribution < 1.29 is 30.5 Å². The topological polar surface area (TPSA) is 61.3 Å². The first kappa shape index (κ1) is 27.4. The van der Waals surface area contributed by atoms with Gasteiger partial charge in [0.2, 0.25) is 16.9 Å². The monoisotopic (exact) mass is 581 g/mol. The fourth-order valence-electron chi connectivity index (χ4n) is 5.34. The summed E-state index contributed by atoms with van der Waals surface area (Å²) in [6.07, 6.45) is 0. The van der Waals surface area contributed by atoms with Gasteiger partial charge in [0.1, 0.15) is 0 Å². The Hall–Kier alpha value is -4.79. The Bertz CT molecular complexity index is 2210. The SMILES string of the molecule is O=S(=O)([O-])C(F)(F)F.c1ccc(-c2cc3ccccc3c3cccc(-c4cc5ccccc5c5ccccc45)[n+]23)cc1.